The van der Waals surface area contributed by atoms with Crippen LogP contribution in [0.3, 0.4) is 0 Å². The van der Waals surface area contributed by atoms with Crippen LogP contribution < -0.4 is 0 Å². The number of amides is 1. The molecule has 0 aromatic carbocycles. The lowest BCUT2D eigenvalue weighted by Gasteiger charge is -2.44. The molecular formula is C16H27NO3. The first-order valence-corrected chi connectivity index (χ1v) is 7.83. The van der Waals surface area contributed by atoms with Gasteiger partial charge in [0.05, 0.1) is 5.92 Å². The van der Waals surface area contributed by atoms with Crippen LogP contribution in [0.25, 0.3) is 0 Å². The third-order valence-corrected chi connectivity index (χ3v) is 5.50. The summed E-state index contributed by atoms with van der Waals surface area (Å²) in [5.41, 5.74) is 0.187. The maximum atomic E-state index is 12.6. The summed E-state index contributed by atoms with van der Waals surface area (Å²) >= 11 is 0. The van der Waals surface area contributed by atoms with Gasteiger partial charge in [0, 0.05) is 19.0 Å². The fraction of sp³-hybridized carbons (Fsp3) is 0.875. The fourth-order valence-corrected chi connectivity index (χ4v) is 3.50. The first-order valence-electron chi connectivity index (χ1n) is 7.83. The average molecular weight is 281 g/mol. The summed E-state index contributed by atoms with van der Waals surface area (Å²) in [6.45, 7) is 8.44. The van der Waals surface area contributed by atoms with Crippen LogP contribution in [0, 0.1) is 23.2 Å². The zero-order chi connectivity index (χ0) is 14.9. The highest BCUT2D eigenvalue weighted by atomic mass is 16.4. The van der Waals surface area contributed by atoms with E-state index in [-0.39, 0.29) is 23.2 Å². The number of carboxylic acid groups (broad SMARTS) is 1. The smallest absolute Gasteiger partial charge is 0.306 e. The van der Waals surface area contributed by atoms with Crippen molar-refractivity contribution < 1.29 is 14.7 Å². The quantitative estimate of drug-likeness (QED) is 0.846. The minimum atomic E-state index is -0.705. The summed E-state index contributed by atoms with van der Waals surface area (Å²) in [6.07, 6.45) is 3.85. The summed E-state index contributed by atoms with van der Waals surface area (Å²) in [6, 6.07) is 0. The lowest BCUT2D eigenvalue weighted by molar-refractivity contribution is -0.147. The Morgan fingerprint density at radius 1 is 1.05 bits per heavy atom. The van der Waals surface area contributed by atoms with Crippen molar-refractivity contribution in [3.8, 4) is 0 Å². The van der Waals surface area contributed by atoms with Crippen molar-refractivity contribution in [2.24, 2.45) is 23.2 Å². The Morgan fingerprint density at radius 3 is 2.10 bits per heavy atom. The van der Waals surface area contributed by atoms with Gasteiger partial charge in [0.2, 0.25) is 5.91 Å². The van der Waals surface area contributed by atoms with E-state index in [0.29, 0.717) is 18.8 Å². The summed E-state index contributed by atoms with van der Waals surface area (Å²) in [5.74, 6) is 0.0126. The standard InChI is InChI=1S/C16H27NO3/c1-11-8-9-17(10-16(11,2)3)14(18)12-4-6-13(7-5-12)15(19)20/h11-13H,4-10H2,1-3H3,(H,19,20). The molecule has 1 aliphatic heterocycles. The Morgan fingerprint density at radius 2 is 1.60 bits per heavy atom. The van der Waals surface area contributed by atoms with Crippen LogP contribution in [-0.2, 0) is 9.59 Å². The Kier molecular flexibility index (Phi) is 4.40. The van der Waals surface area contributed by atoms with Gasteiger partial charge >= 0.3 is 5.97 Å². The van der Waals surface area contributed by atoms with Crippen LogP contribution in [0.2, 0.25) is 0 Å². The van der Waals surface area contributed by atoms with Crippen molar-refractivity contribution in [3.05, 3.63) is 0 Å². The van der Waals surface area contributed by atoms with Crippen LogP contribution in [0.5, 0.6) is 0 Å². The molecule has 4 nitrogen and oxygen atoms in total. The topological polar surface area (TPSA) is 57.6 Å². The van der Waals surface area contributed by atoms with Gasteiger partial charge in [-0.25, -0.2) is 0 Å². The molecule has 2 aliphatic rings. The average Bonchev–Trinajstić information content (AvgIpc) is 2.41. The molecule has 2 rings (SSSR count). The summed E-state index contributed by atoms with van der Waals surface area (Å²) in [7, 11) is 0. The number of nitrogens with zero attached hydrogens (tertiary/aromatic N) is 1. The molecule has 0 radical (unpaired) electrons. The van der Waals surface area contributed by atoms with E-state index in [1.165, 1.54) is 0 Å². The number of hydrogen-bond donors (Lipinski definition) is 1. The molecule has 1 unspecified atom stereocenters. The van der Waals surface area contributed by atoms with Gasteiger partial charge in [-0.15, -0.1) is 0 Å². The monoisotopic (exact) mass is 281 g/mol. The maximum absolute atomic E-state index is 12.6. The molecular weight excluding hydrogens is 254 g/mol. The van der Waals surface area contributed by atoms with Crippen LogP contribution in [-0.4, -0.2) is 35.0 Å². The molecule has 0 bridgehead atoms. The molecule has 0 aromatic rings. The number of rotatable bonds is 2. The van der Waals surface area contributed by atoms with Gasteiger partial charge in [-0.2, -0.15) is 0 Å². The number of carboxylic acids is 1. The van der Waals surface area contributed by atoms with Gasteiger partial charge < -0.3 is 10.0 Å². The Bertz CT molecular complexity index is 383. The number of aliphatic carboxylic acids is 1. The Hall–Kier alpha value is -1.06. The molecule has 4 heteroatoms. The molecule has 0 spiro atoms. The molecule has 1 N–H and O–H groups in total. The first kappa shape index (κ1) is 15.3. The molecule has 2 fully saturated rings. The van der Waals surface area contributed by atoms with Crippen molar-refractivity contribution in [1.82, 2.24) is 4.90 Å². The van der Waals surface area contributed by atoms with Crippen molar-refractivity contribution in [2.45, 2.75) is 52.9 Å². The fourth-order valence-electron chi connectivity index (χ4n) is 3.50. The Balaban J connectivity index is 1.91. The molecule has 1 saturated heterocycles. The number of carbonyl (C=O) groups is 2. The number of carbonyl (C=O) groups excluding carboxylic acids is 1. The molecule has 20 heavy (non-hydrogen) atoms. The van der Waals surface area contributed by atoms with E-state index < -0.39 is 5.97 Å². The van der Waals surface area contributed by atoms with E-state index in [9.17, 15) is 9.59 Å². The van der Waals surface area contributed by atoms with Crippen molar-refractivity contribution in [2.75, 3.05) is 13.1 Å². The number of hydrogen-bond acceptors (Lipinski definition) is 2. The van der Waals surface area contributed by atoms with Crippen molar-refractivity contribution >= 4 is 11.9 Å². The van der Waals surface area contributed by atoms with Crippen LogP contribution in [0.1, 0.15) is 52.9 Å². The number of piperidine rings is 1. The van der Waals surface area contributed by atoms with E-state index in [2.05, 4.69) is 20.8 Å². The third kappa shape index (κ3) is 3.15. The SMILES string of the molecule is CC1CCN(C(=O)C2CCC(C(=O)O)CC2)CC1(C)C. The lowest BCUT2D eigenvalue weighted by Crippen LogP contribution is -2.49. The highest BCUT2D eigenvalue weighted by Crippen LogP contribution is 2.36. The van der Waals surface area contributed by atoms with Gasteiger partial charge in [0.15, 0.2) is 0 Å². The van der Waals surface area contributed by atoms with Gasteiger partial charge in [-0.3, -0.25) is 9.59 Å². The first-order chi connectivity index (χ1) is 9.31. The molecule has 1 atom stereocenters. The molecule has 114 valence electrons. The summed E-state index contributed by atoms with van der Waals surface area (Å²) in [4.78, 5) is 25.6. The van der Waals surface area contributed by atoms with E-state index in [1.807, 2.05) is 4.90 Å². The van der Waals surface area contributed by atoms with E-state index >= 15 is 0 Å². The van der Waals surface area contributed by atoms with Gasteiger partial charge in [0.25, 0.3) is 0 Å². The third-order valence-electron chi connectivity index (χ3n) is 5.50. The zero-order valence-corrected chi connectivity index (χ0v) is 12.9. The largest absolute Gasteiger partial charge is 0.481 e. The van der Waals surface area contributed by atoms with Crippen LogP contribution in [0.4, 0.5) is 0 Å². The highest BCUT2D eigenvalue weighted by Gasteiger charge is 2.38. The molecule has 0 aromatic heterocycles. The second kappa shape index (κ2) is 5.74. The second-order valence-electron chi connectivity index (χ2n) is 7.32. The molecule has 1 heterocycles. The predicted molar refractivity (Wildman–Crippen MR) is 77.2 cm³/mol. The van der Waals surface area contributed by atoms with Crippen LogP contribution >= 0.6 is 0 Å². The van der Waals surface area contributed by atoms with Gasteiger partial charge in [0.1, 0.15) is 0 Å². The summed E-state index contributed by atoms with van der Waals surface area (Å²) in [5, 5.41) is 9.01. The Labute approximate surface area is 121 Å². The number of likely N-dealkylation sites (tertiary alicyclic amines) is 1. The highest BCUT2D eigenvalue weighted by molar-refractivity contribution is 5.79. The van der Waals surface area contributed by atoms with E-state index in [1.54, 1.807) is 0 Å². The van der Waals surface area contributed by atoms with Gasteiger partial charge in [-0.1, -0.05) is 20.8 Å². The minimum absolute atomic E-state index is 0.0507. The molecule has 1 amide bonds. The predicted octanol–water partition coefficient (Wildman–Crippen LogP) is 2.77. The normalized spacial score (nSPS) is 33.8. The van der Waals surface area contributed by atoms with Crippen LogP contribution in [0.15, 0.2) is 0 Å². The lowest BCUT2D eigenvalue weighted by atomic mass is 9.74. The van der Waals surface area contributed by atoms with Crippen molar-refractivity contribution in [1.29, 1.82) is 0 Å². The van der Waals surface area contributed by atoms with E-state index in [4.69, 9.17) is 5.11 Å². The van der Waals surface area contributed by atoms with E-state index in [0.717, 1.165) is 32.4 Å². The zero-order valence-electron chi connectivity index (χ0n) is 12.9. The summed E-state index contributed by atoms with van der Waals surface area (Å²) < 4.78 is 0. The molecule has 1 saturated carbocycles. The van der Waals surface area contributed by atoms with Crippen molar-refractivity contribution in [3.63, 3.8) is 0 Å². The maximum Gasteiger partial charge on any atom is 0.306 e. The second-order valence-corrected chi connectivity index (χ2v) is 7.32. The van der Waals surface area contributed by atoms with Gasteiger partial charge in [-0.05, 0) is 43.4 Å². The minimum Gasteiger partial charge on any atom is -0.481 e. The molecule has 1 aliphatic carbocycles.